The van der Waals surface area contributed by atoms with Crippen molar-refractivity contribution in [2.75, 3.05) is 5.84 Å². The molecule has 0 aliphatic heterocycles. The van der Waals surface area contributed by atoms with Gasteiger partial charge in [0.05, 0.1) is 5.52 Å². The molecule has 0 aliphatic rings. The first-order valence-corrected chi connectivity index (χ1v) is 4.02. The number of aromatic nitrogens is 1. The molecule has 2 rings (SSSR count). The van der Waals surface area contributed by atoms with Crippen molar-refractivity contribution in [1.29, 1.82) is 0 Å². The van der Waals surface area contributed by atoms with E-state index >= 15 is 0 Å². The van der Waals surface area contributed by atoms with Gasteiger partial charge in [-0.25, -0.2) is 0 Å². The van der Waals surface area contributed by atoms with E-state index in [1.54, 1.807) is 4.68 Å². The van der Waals surface area contributed by atoms with Crippen molar-refractivity contribution in [3.63, 3.8) is 0 Å². The summed E-state index contributed by atoms with van der Waals surface area (Å²) in [6, 6.07) is 6.25. The van der Waals surface area contributed by atoms with Gasteiger partial charge in [0, 0.05) is 11.6 Å². The number of hydrogen-bond acceptors (Lipinski definition) is 1. The van der Waals surface area contributed by atoms with E-state index < -0.39 is 0 Å². The molecular weight excluding hydrogens is 148 g/mol. The first-order chi connectivity index (χ1) is 5.70. The van der Waals surface area contributed by atoms with Crippen molar-refractivity contribution >= 4 is 10.9 Å². The Morgan fingerprint density at radius 1 is 1.17 bits per heavy atom. The van der Waals surface area contributed by atoms with Gasteiger partial charge in [-0.3, -0.25) is 4.68 Å². The summed E-state index contributed by atoms with van der Waals surface area (Å²) in [6.45, 7) is 4.20. The standard InChI is InChI=1S/C10H12N2/c1-7-3-4-9-5-6-12(11)10(9)8(7)2/h3-6H,11H2,1-2H3. The van der Waals surface area contributed by atoms with E-state index in [9.17, 15) is 0 Å². The number of nitrogens with two attached hydrogens (primary N) is 1. The minimum absolute atomic E-state index is 1.13. The molecule has 0 atom stereocenters. The van der Waals surface area contributed by atoms with Crippen molar-refractivity contribution in [2.45, 2.75) is 13.8 Å². The van der Waals surface area contributed by atoms with Crippen LogP contribution in [0, 0.1) is 13.8 Å². The highest BCUT2D eigenvalue weighted by Gasteiger charge is 2.02. The van der Waals surface area contributed by atoms with Gasteiger partial charge in [0.1, 0.15) is 0 Å². The maximum atomic E-state index is 5.76. The Hall–Kier alpha value is -1.44. The van der Waals surface area contributed by atoms with Crippen LogP contribution in [0.25, 0.3) is 10.9 Å². The van der Waals surface area contributed by atoms with Crippen LogP contribution in [0.15, 0.2) is 24.4 Å². The molecule has 0 fully saturated rings. The van der Waals surface area contributed by atoms with E-state index in [1.165, 1.54) is 16.5 Å². The Kier molecular flexibility index (Phi) is 1.37. The highest BCUT2D eigenvalue weighted by molar-refractivity contribution is 5.84. The minimum atomic E-state index is 1.13. The summed E-state index contributed by atoms with van der Waals surface area (Å²) in [5.41, 5.74) is 3.68. The number of benzene rings is 1. The van der Waals surface area contributed by atoms with Gasteiger partial charge in [0.15, 0.2) is 0 Å². The van der Waals surface area contributed by atoms with E-state index in [1.807, 2.05) is 12.3 Å². The van der Waals surface area contributed by atoms with Crippen molar-refractivity contribution in [3.05, 3.63) is 35.5 Å². The average Bonchev–Trinajstić information content (AvgIpc) is 2.41. The zero-order valence-electron chi connectivity index (χ0n) is 7.33. The van der Waals surface area contributed by atoms with Crippen LogP contribution < -0.4 is 5.84 Å². The second-order valence-corrected chi connectivity index (χ2v) is 3.17. The maximum absolute atomic E-state index is 5.76. The van der Waals surface area contributed by atoms with Crippen molar-refractivity contribution in [1.82, 2.24) is 4.68 Å². The summed E-state index contributed by atoms with van der Waals surface area (Å²) in [5, 5.41) is 1.21. The van der Waals surface area contributed by atoms with E-state index in [4.69, 9.17) is 5.84 Å². The Balaban J connectivity index is 2.96. The van der Waals surface area contributed by atoms with Crippen LogP contribution in [-0.4, -0.2) is 4.68 Å². The van der Waals surface area contributed by atoms with Crippen LogP contribution in [0.1, 0.15) is 11.1 Å². The Bertz CT molecular complexity index is 427. The molecule has 0 spiro atoms. The van der Waals surface area contributed by atoms with Crippen LogP contribution in [0.5, 0.6) is 0 Å². The molecule has 62 valence electrons. The quantitative estimate of drug-likeness (QED) is 0.587. The molecule has 0 saturated heterocycles. The van der Waals surface area contributed by atoms with Crippen molar-refractivity contribution in [3.8, 4) is 0 Å². The third kappa shape index (κ3) is 0.811. The normalized spacial score (nSPS) is 10.8. The third-order valence-electron chi connectivity index (χ3n) is 2.41. The molecule has 2 N–H and O–H groups in total. The molecule has 2 heteroatoms. The third-order valence-corrected chi connectivity index (χ3v) is 2.41. The number of hydrogen-bond donors (Lipinski definition) is 1. The number of nitrogens with zero attached hydrogens (tertiary/aromatic N) is 1. The van der Waals surface area contributed by atoms with E-state index in [-0.39, 0.29) is 0 Å². The van der Waals surface area contributed by atoms with Crippen molar-refractivity contribution in [2.24, 2.45) is 0 Å². The Labute approximate surface area is 71.6 Å². The highest BCUT2D eigenvalue weighted by Crippen LogP contribution is 2.20. The van der Waals surface area contributed by atoms with E-state index in [2.05, 4.69) is 26.0 Å². The second-order valence-electron chi connectivity index (χ2n) is 3.17. The number of nitrogen functional groups attached to an aromatic ring is 1. The molecule has 2 aromatic rings. The number of rotatable bonds is 0. The molecule has 0 saturated carbocycles. The summed E-state index contributed by atoms with van der Waals surface area (Å²) in [7, 11) is 0. The fraction of sp³-hybridized carbons (Fsp3) is 0.200. The summed E-state index contributed by atoms with van der Waals surface area (Å²) >= 11 is 0. The highest BCUT2D eigenvalue weighted by atomic mass is 15.3. The van der Waals surface area contributed by atoms with Gasteiger partial charge in [0.2, 0.25) is 0 Å². The maximum Gasteiger partial charge on any atom is 0.0721 e. The lowest BCUT2D eigenvalue weighted by atomic mass is 10.1. The molecule has 12 heavy (non-hydrogen) atoms. The molecule has 1 aromatic carbocycles. The van der Waals surface area contributed by atoms with Crippen LogP contribution in [-0.2, 0) is 0 Å². The Morgan fingerprint density at radius 2 is 1.92 bits per heavy atom. The molecule has 0 unspecified atom stereocenters. The van der Waals surface area contributed by atoms with Crippen LogP contribution in [0.2, 0.25) is 0 Å². The fourth-order valence-electron chi connectivity index (χ4n) is 1.53. The average molecular weight is 160 g/mol. The summed E-state index contributed by atoms with van der Waals surface area (Å²) < 4.78 is 1.68. The zero-order chi connectivity index (χ0) is 8.72. The molecule has 0 bridgehead atoms. The number of fused-ring (bicyclic) bond motifs is 1. The largest absolute Gasteiger partial charge is 0.339 e. The van der Waals surface area contributed by atoms with Gasteiger partial charge in [-0.1, -0.05) is 12.1 Å². The monoisotopic (exact) mass is 160 g/mol. The van der Waals surface area contributed by atoms with Gasteiger partial charge >= 0.3 is 0 Å². The van der Waals surface area contributed by atoms with Crippen LogP contribution in [0.3, 0.4) is 0 Å². The molecule has 0 amide bonds. The first kappa shape index (κ1) is 7.22. The molecule has 2 nitrogen and oxygen atoms in total. The predicted molar refractivity (Wildman–Crippen MR) is 51.6 cm³/mol. The van der Waals surface area contributed by atoms with E-state index in [0.29, 0.717) is 0 Å². The smallest absolute Gasteiger partial charge is 0.0721 e. The summed E-state index contributed by atoms with van der Waals surface area (Å²) in [6.07, 6.45) is 1.89. The van der Waals surface area contributed by atoms with Gasteiger partial charge in [-0.2, -0.15) is 0 Å². The molecule has 1 heterocycles. The van der Waals surface area contributed by atoms with Crippen LogP contribution >= 0.6 is 0 Å². The SMILES string of the molecule is Cc1ccc2ccn(N)c2c1C. The van der Waals surface area contributed by atoms with Gasteiger partial charge in [-0.15, -0.1) is 0 Å². The molecule has 0 radical (unpaired) electrons. The topological polar surface area (TPSA) is 30.9 Å². The summed E-state index contributed by atoms with van der Waals surface area (Å²) in [5.74, 6) is 5.76. The molecule has 0 aliphatic carbocycles. The van der Waals surface area contributed by atoms with Gasteiger partial charge in [-0.05, 0) is 31.0 Å². The summed E-state index contributed by atoms with van der Waals surface area (Å²) in [4.78, 5) is 0. The minimum Gasteiger partial charge on any atom is -0.339 e. The lowest BCUT2D eigenvalue weighted by Crippen LogP contribution is -2.06. The number of aryl methyl sites for hydroxylation is 2. The first-order valence-electron chi connectivity index (χ1n) is 4.02. The fourth-order valence-corrected chi connectivity index (χ4v) is 1.53. The van der Waals surface area contributed by atoms with Crippen molar-refractivity contribution < 1.29 is 0 Å². The van der Waals surface area contributed by atoms with Gasteiger partial charge in [0.25, 0.3) is 0 Å². The lowest BCUT2D eigenvalue weighted by molar-refractivity contribution is 1.06. The second kappa shape index (κ2) is 2.27. The van der Waals surface area contributed by atoms with Gasteiger partial charge < -0.3 is 5.84 Å². The predicted octanol–water partition coefficient (Wildman–Crippen LogP) is 1.97. The molecule has 1 aromatic heterocycles. The van der Waals surface area contributed by atoms with E-state index in [0.717, 1.165) is 5.52 Å². The Morgan fingerprint density at radius 3 is 2.67 bits per heavy atom. The zero-order valence-corrected chi connectivity index (χ0v) is 7.33. The van der Waals surface area contributed by atoms with Crippen LogP contribution in [0.4, 0.5) is 0 Å². The lowest BCUT2D eigenvalue weighted by Gasteiger charge is -2.03. The molecular formula is C10H12N2.